The molecule has 0 saturated carbocycles. The van der Waals surface area contributed by atoms with Crippen LogP contribution in [-0.2, 0) is 11.3 Å². The van der Waals surface area contributed by atoms with Crippen LogP contribution in [0.3, 0.4) is 0 Å². The molecule has 0 aliphatic heterocycles. The summed E-state index contributed by atoms with van der Waals surface area (Å²) in [4.78, 5) is 11.8. The lowest BCUT2D eigenvalue weighted by Crippen LogP contribution is -2.30. The van der Waals surface area contributed by atoms with Crippen LogP contribution >= 0.6 is 0 Å². The van der Waals surface area contributed by atoms with Gasteiger partial charge < -0.3 is 5.32 Å². The van der Waals surface area contributed by atoms with Gasteiger partial charge in [-0.2, -0.15) is 5.10 Å². The molecular formula is C13H14FN3O. The van der Waals surface area contributed by atoms with Gasteiger partial charge in [-0.3, -0.25) is 9.48 Å². The van der Waals surface area contributed by atoms with Crippen molar-refractivity contribution in [3.8, 4) is 0 Å². The zero-order valence-electron chi connectivity index (χ0n) is 10.0. The lowest BCUT2D eigenvalue weighted by atomic mass is 10.2. The number of nitrogens with zero attached hydrogens (tertiary/aromatic N) is 2. The topological polar surface area (TPSA) is 46.9 Å². The third-order valence-electron chi connectivity index (χ3n) is 2.68. The lowest BCUT2D eigenvalue weighted by Gasteiger charge is -2.12. The van der Waals surface area contributed by atoms with E-state index in [1.807, 2.05) is 0 Å². The normalized spacial score (nSPS) is 12.1. The molecule has 18 heavy (non-hydrogen) atoms. The van der Waals surface area contributed by atoms with E-state index in [-0.39, 0.29) is 17.8 Å². The molecule has 1 N–H and O–H groups in total. The quantitative estimate of drug-likeness (QED) is 0.897. The summed E-state index contributed by atoms with van der Waals surface area (Å²) < 4.78 is 14.3. The summed E-state index contributed by atoms with van der Waals surface area (Å²) in [5.74, 6) is -0.405. The van der Waals surface area contributed by atoms with E-state index in [0.29, 0.717) is 6.54 Å². The third kappa shape index (κ3) is 2.94. The first-order valence-corrected chi connectivity index (χ1v) is 5.68. The number of nitrogens with one attached hydrogen (secondary N) is 1. The van der Waals surface area contributed by atoms with Crippen molar-refractivity contribution in [2.45, 2.75) is 19.5 Å². The molecule has 0 aliphatic rings. The summed E-state index contributed by atoms with van der Waals surface area (Å²) in [6, 6.07) is 7.45. The summed E-state index contributed by atoms with van der Waals surface area (Å²) in [5.41, 5.74) is 0.859. The average molecular weight is 247 g/mol. The van der Waals surface area contributed by atoms with Crippen molar-refractivity contribution in [1.29, 1.82) is 0 Å². The fourth-order valence-corrected chi connectivity index (χ4v) is 1.57. The first kappa shape index (κ1) is 12.3. The highest BCUT2D eigenvalue weighted by atomic mass is 19.1. The van der Waals surface area contributed by atoms with Crippen molar-refractivity contribution in [2.75, 3.05) is 0 Å². The van der Waals surface area contributed by atoms with Crippen molar-refractivity contribution in [2.24, 2.45) is 0 Å². The number of carbonyl (C=O) groups is 1. The smallest absolute Gasteiger partial charge is 0.244 e. The number of hydrogen-bond donors (Lipinski definition) is 1. The molecule has 4 nitrogen and oxygen atoms in total. The van der Waals surface area contributed by atoms with E-state index in [1.165, 1.54) is 12.1 Å². The molecule has 0 spiro atoms. The van der Waals surface area contributed by atoms with Crippen LogP contribution in [0.4, 0.5) is 4.39 Å². The standard InChI is InChI=1S/C13H14FN3O/c1-10(17-8-2-7-16-17)13(18)15-9-11-3-5-12(14)6-4-11/h2-8,10H,9H2,1H3,(H,15,18). The molecule has 1 atom stereocenters. The number of amides is 1. The van der Waals surface area contributed by atoms with Gasteiger partial charge in [0.1, 0.15) is 11.9 Å². The first-order valence-electron chi connectivity index (χ1n) is 5.68. The first-order chi connectivity index (χ1) is 8.66. The molecule has 94 valence electrons. The van der Waals surface area contributed by atoms with Gasteiger partial charge in [-0.05, 0) is 30.7 Å². The molecule has 5 heteroatoms. The minimum absolute atomic E-state index is 0.122. The van der Waals surface area contributed by atoms with Crippen LogP contribution in [0.2, 0.25) is 0 Å². The predicted molar refractivity (Wildman–Crippen MR) is 65.2 cm³/mol. The van der Waals surface area contributed by atoms with Crippen molar-refractivity contribution < 1.29 is 9.18 Å². The number of carbonyl (C=O) groups excluding carboxylic acids is 1. The van der Waals surface area contributed by atoms with E-state index in [9.17, 15) is 9.18 Å². The lowest BCUT2D eigenvalue weighted by molar-refractivity contribution is -0.124. The summed E-state index contributed by atoms with van der Waals surface area (Å²) in [6.45, 7) is 2.15. The molecule has 1 heterocycles. The average Bonchev–Trinajstić information content (AvgIpc) is 2.90. The number of benzene rings is 1. The van der Waals surface area contributed by atoms with Crippen LogP contribution in [0.1, 0.15) is 18.5 Å². The van der Waals surface area contributed by atoms with Gasteiger partial charge in [0.15, 0.2) is 0 Å². The molecule has 0 saturated heterocycles. The molecule has 1 aromatic heterocycles. The van der Waals surface area contributed by atoms with Gasteiger partial charge >= 0.3 is 0 Å². The fourth-order valence-electron chi connectivity index (χ4n) is 1.57. The summed E-state index contributed by atoms with van der Waals surface area (Å²) in [6.07, 6.45) is 3.37. The van der Waals surface area contributed by atoms with Crippen LogP contribution < -0.4 is 5.32 Å². The maximum atomic E-state index is 12.7. The molecule has 0 radical (unpaired) electrons. The summed E-state index contributed by atoms with van der Waals surface area (Å²) >= 11 is 0. The molecule has 1 amide bonds. The molecule has 2 rings (SSSR count). The van der Waals surface area contributed by atoms with Gasteiger partial charge in [0.25, 0.3) is 0 Å². The number of hydrogen-bond acceptors (Lipinski definition) is 2. The highest BCUT2D eigenvalue weighted by molar-refractivity contribution is 5.79. The van der Waals surface area contributed by atoms with Gasteiger partial charge in [-0.1, -0.05) is 12.1 Å². The van der Waals surface area contributed by atoms with Crippen LogP contribution in [0, 0.1) is 5.82 Å². The van der Waals surface area contributed by atoms with Gasteiger partial charge in [0.05, 0.1) is 0 Å². The minimum atomic E-state index is -0.361. The predicted octanol–water partition coefficient (Wildman–Crippen LogP) is 1.90. The van der Waals surface area contributed by atoms with Crippen molar-refractivity contribution >= 4 is 5.91 Å². The Morgan fingerprint density at radius 2 is 2.17 bits per heavy atom. The van der Waals surface area contributed by atoms with Gasteiger partial charge in [0.2, 0.25) is 5.91 Å². The van der Waals surface area contributed by atoms with E-state index >= 15 is 0 Å². The van der Waals surface area contributed by atoms with E-state index < -0.39 is 0 Å². The second kappa shape index (κ2) is 5.44. The Balaban J connectivity index is 1.90. The zero-order chi connectivity index (χ0) is 13.0. The molecule has 0 fully saturated rings. The molecule has 1 unspecified atom stereocenters. The van der Waals surface area contributed by atoms with Gasteiger partial charge in [-0.25, -0.2) is 4.39 Å². The Morgan fingerprint density at radius 3 is 2.78 bits per heavy atom. The van der Waals surface area contributed by atoms with E-state index in [2.05, 4.69) is 10.4 Å². The third-order valence-corrected chi connectivity index (χ3v) is 2.68. The monoisotopic (exact) mass is 247 g/mol. The van der Waals surface area contributed by atoms with Crippen LogP contribution in [0.15, 0.2) is 42.7 Å². The number of aromatic nitrogens is 2. The fraction of sp³-hybridized carbons (Fsp3) is 0.231. The molecule has 0 bridgehead atoms. The van der Waals surface area contributed by atoms with Crippen LogP contribution in [-0.4, -0.2) is 15.7 Å². The second-order valence-corrected chi connectivity index (χ2v) is 4.01. The second-order valence-electron chi connectivity index (χ2n) is 4.01. The molecule has 1 aromatic carbocycles. The highest BCUT2D eigenvalue weighted by Gasteiger charge is 2.14. The largest absolute Gasteiger partial charge is 0.350 e. The van der Waals surface area contributed by atoms with Crippen LogP contribution in [0.5, 0.6) is 0 Å². The van der Waals surface area contributed by atoms with Crippen molar-refractivity contribution in [3.63, 3.8) is 0 Å². The van der Waals surface area contributed by atoms with Gasteiger partial charge in [0, 0.05) is 18.9 Å². The van der Waals surface area contributed by atoms with Gasteiger partial charge in [-0.15, -0.1) is 0 Å². The van der Waals surface area contributed by atoms with E-state index in [4.69, 9.17) is 0 Å². The highest BCUT2D eigenvalue weighted by Crippen LogP contribution is 2.05. The summed E-state index contributed by atoms with van der Waals surface area (Å²) in [5, 5.41) is 6.79. The zero-order valence-corrected chi connectivity index (χ0v) is 10.0. The SMILES string of the molecule is CC(C(=O)NCc1ccc(F)cc1)n1cccn1. The maximum Gasteiger partial charge on any atom is 0.244 e. The van der Waals surface area contributed by atoms with E-state index in [0.717, 1.165) is 5.56 Å². The number of rotatable bonds is 4. The number of halogens is 1. The Bertz CT molecular complexity index is 508. The Labute approximate surface area is 104 Å². The van der Waals surface area contributed by atoms with Crippen molar-refractivity contribution in [1.82, 2.24) is 15.1 Å². The molecule has 2 aromatic rings. The minimum Gasteiger partial charge on any atom is -0.350 e. The molecule has 0 aliphatic carbocycles. The Kier molecular flexibility index (Phi) is 3.72. The van der Waals surface area contributed by atoms with E-state index in [1.54, 1.807) is 42.2 Å². The summed E-state index contributed by atoms with van der Waals surface area (Å²) in [7, 11) is 0. The Morgan fingerprint density at radius 1 is 1.44 bits per heavy atom. The van der Waals surface area contributed by atoms with Crippen molar-refractivity contribution in [3.05, 3.63) is 54.1 Å². The Hall–Kier alpha value is -2.17. The maximum absolute atomic E-state index is 12.7. The van der Waals surface area contributed by atoms with Crippen LogP contribution in [0.25, 0.3) is 0 Å². The molecular weight excluding hydrogens is 233 g/mol.